The average molecular weight is 515 g/mol. The highest BCUT2D eigenvalue weighted by molar-refractivity contribution is 5.98. The van der Waals surface area contributed by atoms with Crippen molar-refractivity contribution in [1.29, 1.82) is 0 Å². The lowest BCUT2D eigenvalue weighted by Gasteiger charge is -2.26. The van der Waals surface area contributed by atoms with Gasteiger partial charge in [0.25, 0.3) is 0 Å². The van der Waals surface area contributed by atoms with E-state index in [0.29, 0.717) is 33.8 Å². The number of carbonyl (C=O) groups excluding carboxylic acids is 1. The number of ether oxygens (including phenoxy) is 4. The van der Waals surface area contributed by atoms with Gasteiger partial charge in [-0.25, -0.2) is 0 Å². The Kier molecular flexibility index (Phi) is 8.06. The fraction of sp³-hybridized carbons (Fsp3) is 0.194. The van der Waals surface area contributed by atoms with Gasteiger partial charge in [0, 0.05) is 11.1 Å². The molecule has 0 aromatic heterocycles. The minimum absolute atomic E-state index is 0.129. The number of hydrogen-bond acceptors (Lipinski definition) is 7. The summed E-state index contributed by atoms with van der Waals surface area (Å²) in [6.45, 7) is 0. The first-order valence-corrected chi connectivity index (χ1v) is 12.0. The fourth-order valence-electron chi connectivity index (χ4n) is 4.77. The Balaban J connectivity index is 1.98. The highest BCUT2D eigenvalue weighted by Gasteiger charge is 2.36. The van der Waals surface area contributed by atoms with E-state index >= 15 is 0 Å². The molecule has 2 unspecified atom stereocenters. The second kappa shape index (κ2) is 11.6. The zero-order valence-electron chi connectivity index (χ0n) is 21.7. The lowest BCUT2D eigenvalue weighted by Crippen LogP contribution is -2.23. The van der Waals surface area contributed by atoms with Crippen molar-refractivity contribution in [3.63, 3.8) is 0 Å². The molecule has 2 N–H and O–H groups in total. The smallest absolute Gasteiger partial charge is 0.203 e. The third kappa shape index (κ3) is 4.83. The van der Waals surface area contributed by atoms with Crippen molar-refractivity contribution in [1.82, 2.24) is 0 Å². The van der Waals surface area contributed by atoms with Crippen molar-refractivity contribution in [2.24, 2.45) is 0 Å². The van der Waals surface area contributed by atoms with Gasteiger partial charge < -0.3 is 29.2 Å². The van der Waals surface area contributed by atoms with Gasteiger partial charge in [-0.05, 0) is 23.3 Å². The monoisotopic (exact) mass is 514 g/mol. The Bertz CT molecular complexity index is 1290. The van der Waals surface area contributed by atoms with E-state index in [4.69, 9.17) is 18.9 Å². The topological polar surface area (TPSA) is 94.5 Å². The van der Waals surface area contributed by atoms with Gasteiger partial charge in [0.2, 0.25) is 11.5 Å². The highest BCUT2D eigenvalue weighted by Crippen LogP contribution is 2.48. The molecule has 196 valence electrons. The fourth-order valence-corrected chi connectivity index (χ4v) is 4.77. The molecule has 0 aliphatic carbocycles. The van der Waals surface area contributed by atoms with Crippen LogP contribution in [0.2, 0.25) is 0 Å². The van der Waals surface area contributed by atoms with Crippen LogP contribution in [0.25, 0.3) is 0 Å². The lowest BCUT2D eigenvalue weighted by atomic mass is 9.76. The van der Waals surface area contributed by atoms with Crippen LogP contribution in [0.3, 0.4) is 0 Å². The minimum Gasteiger partial charge on any atom is -0.504 e. The first-order valence-electron chi connectivity index (χ1n) is 12.0. The first-order chi connectivity index (χ1) is 18.5. The van der Waals surface area contributed by atoms with Gasteiger partial charge in [-0.3, -0.25) is 4.79 Å². The van der Waals surface area contributed by atoms with Gasteiger partial charge in [0.05, 0.1) is 40.3 Å². The molecule has 0 bridgehead atoms. The van der Waals surface area contributed by atoms with Crippen molar-refractivity contribution in [2.45, 2.75) is 11.8 Å². The zero-order chi connectivity index (χ0) is 27.2. The molecule has 4 aromatic rings. The summed E-state index contributed by atoms with van der Waals surface area (Å²) in [5.74, 6) is -1.55. The third-order valence-electron chi connectivity index (χ3n) is 6.56. The molecular weight excluding hydrogens is 484 g/mol. The molecule has 7 nitrogen and oxygen atoms in total. The summed E-state index contributed by atoms with van der Waals surface area (Å²) in [6.07, 6.45) is 0. The molecule has 0 saturated heterocycles. The van der Waals surface area contributed by atoms with E-state index in [1.807, 2.05) is 60.7 Å². The summed E-state index contributed by atoms with van der Waals surface area (Å²) < 4.78 is 21.5. The van der Waals surface area contributed by atoms with Gasteiger partial charge in [-0.2, -0.15) is 0 Å². The van der Waals surface area contributed by atoms with Gasteiger partial charge in [0.15, 0.2) is 28.8 Å². The number of methoxy groups -OCH3 is 4. The lowest BCUT2D eigenvalue weighted by molar-refractivity contribution is -0.120. The predicted molar refractivity (Wildman–Crippen MR) is 144 cm³/mol. The number of phenolic OH excluding ortho intramolecular Hbond substituents is 2. The molecule has 0 radical (unpaired) electrons. The van der Waals surface area contributed by atoms with Crippen LogP contribution >= 0.6 is 0 Å². The number of carbonyl (C=O) groups is 1. The van der Waals surface area contributed by atoms with Gasteiger partial charge >= 0.3 is 0 Å². The van der Waals surface area contributed by atoms with E-state index in [-0.39, 0.29) is 28.8 Å². The number of hydrogen-bond donors (Lipinski definition) is 2. The maximum Gasteiger partial charge on any atom is 0.203 e. The molecule has 38 heavy (non-hydrogen) atoms. The Morgan fingerprint density at radius 2 is 0.921 bits per heavy atom. The second-order valence-electron chi connectivity index (χ2n) is 8.57. The molecule has 2 atom stereocenters. The standard InChI is InChI=1S/C31H30O7/c1-35-23-17-15-21(27(32)30(23)37-3)25(19-11-7-5-8-12-19)29(34)26(20-13-9-6-10-14-20)22-16-18-24(36-2)31(38-4)28(22)33/h5-18,25-26,32-33H,1-4H3. The molecule has 7 heteroatoms. The number of ketones is 1. The largest absolute Gasteiger partial charge is 0.504 e. The number of benzene rings is 4. The maximum atomic E-state index is 14.7. The predicted octanol–water partition coefficient (Wildman–Crippen LogP) is 5.67. The van der Waals surface area contributed by atoms with Crippen LogP contribution in [0, 0.1) is 0 Å². The Morgan fingerprint density at radius 1 is 0.553 bits per heavy atom. The minimum atomic E-state index is -0.909. The Labute approximate surface area is 221 Å². The van der Waals surface area contributed by atoms with Crippen LogP contribution in [0.4, 0.5) is 0 Å². The highest BCUT2D eigenvalue weighted by atomic mass is 16.5. The van der Waals surface area contributed by atoms with Crippen LogP contribution in [-0.2, 0) is 4.79 Å². The van der Waals surface area contributed by atoms with Crippen molar-refractivity contribution in [2.75, 3.05) is 28.4 Å². The summed E-state index contributed by atoms with van der Waals surface area (Å²) >= 11 is 0. The summed E-state index contributed by atoms with van der Waals surface area (Å²) in [7, 11) is 5.80. The van der Waals surface area contributed by atoms with Gasteiger partial charge in [-0.1, -0.05) is 72.8 Å². The Morgan fingerprint density at radius 3 is 1.24 bits per heavy atom. The van der Waals surface area contributed by atoms with E-state index in [1.165, 1.54) is 28.4 Å². The molecule has 4 rings (SSSR count). The van der Waals surface area contributed by atoms with E-state index in [0.717, 1.165) is 0 Å². The van der Waals surface area contributed by atoms with Gasteiger partial charge in [0.1, 0.15) is 0 Å². The number of Topliss-reactive ketones (excluding diaryl/α,β-unsaturated/α-hetero) is 1. The van der Waals surface area contributed by atoms with Gasteiger partial charge in [-0.15, -0.1) is 0 Å². The molecule has 0 spiro atoms. The molecular formula is C31H30O7. The SMILES string of the molecule is COc1ccc(C(C(=O)C(c2ccccc2)c2ccc(OC)c(OC)c2O)c2ccccc2)c(O)c1OC. The molecule has 0 amide bonds. The van der Waals surface area contributed by atoms with Crippen LogP contribution < -0.4 is 18.9 Å². The van der Waals surface area contributed by atoms with E-state index in [9.17, 15) is 15.0 Å². The summed E-state index contributed by atoms with van der Waals surface area (Å²) in [5, 5.41) is 22.5. The number of phenols is 2. The zero-order valence-corrected chi connectivity index (χ0v) is 21.7. The summed E-state index contributed by atoms with van der Waals surface area (Å²) in [6, 6.07) is 25.0. The Hall–Kier alpha value is -4.65. The quantitative estimate of drug-likeness (QED) is 0.282. The van der Waals surface area contributed by atoms with Crippen LogP contribution in [0.1, 0.15) is 34.1 Å². The normalized spacial score (nSPS) is 12.3. The maximum absolute atomic E-state index is 14.7. The first kappa shape index (κ1) is 26.4. The summed E-state index contributed by atoms with van der Waals surface area (Å²) in [4.78, 5) is 14.7. The van der Waals surface area contributed by atoms with Crippen molar-refractivity contribution in [3.8, 4) is 34.5 Å². The third-order valence-corrected chi connectivity index (χ3v) is 6.56. The van der Waals surface area contributed by atoms with Crippen LogP contribution in [0.5, 0.6) is 34.5 Å². The van der Waals surface area contributed by atoms with Crippen molar-refractivity contribution >= 4 is 5.78 Å². The molecule has 0 aliphatic rings. The average Bonchev–Trinajstić information content (AvgIpc) is 2.95. The molecule has 0 heterocycles. The van der Waals surface area contributed by atoms with E-state index < -0.39 is 11.8 Å². The second-order valence-corrected chi connectivity index (χ2v) is 8.57. The van der Waals surface area contributed by atoms with Crippen molar-refractivity contribution < 1.29 is 34.0 Å². The van der Waals surface area contributed by atoms with E-state index in [2.05, 4.69) is 0 Å². The number of aromatic hydroxyl groups is 2. The van der Waals surface area contributed by atoms with Crippen LogP contribution in [0.15, 0.2) is 84.9 Å². The van der Waals surface area contributed by atoms with Crippen molar-refractivity contribution in [3.05, 3.63) is 107 Å². The molecule has 0 fully saturated rings. The van der Waals surface area contributed by atoms with E-state index in [1.54, 1.807) is 24.3 Å². The molecule has 0 aliphatic heterocycles. The number of rotatable bonds is 10. The van der Waals surface area contributed by atoms with Crippen LogP contribution in [-0.4, -0.2) is 44.4 Å². The molecule has 4 aromatic carbocycles. The summed E-state index contributed by atoms with van der Waals surface area (Å²) in [5.41, 5.74) is 2.03. The molecule has 0 saturated carbocycles.